The van der Waals surface area contributed by atoms with Crippen LogP contribution in [-0.2, 0) is 14.0 Å². The maximum Gasteiger partial charge on any atom is 0.257 e. The summed E-state index contributed by atoms with van der Waals surface area (Å²) in [4.78, 5) is 0. The van der Waals surface area contributed by atoms with Crippen LogP contribution in [0.25, 0.3) is 0 Å². The van der Waals surface area contributed by atoms with Gasteiger partial charge in [-0.1, -0.05) is 20.8 Å². The molecule has 0 rings (SSSR count). The minimum Gasteiger partial charge on any atom is -0.327 e. The summed E-state index contributed by atoms with van der Waals surface area (Å²) in [5.41, 5.74) is 0. The van der Waals surface area contributed by atoms with Crippen LogP contribution in [0.1, 0.15) is 20.8 Å². The van der Waals surface area contributed by atoms with Crippen molar-refractivity contribution in [2.45, 2.75) is 20.8 Å². The molecule has 11 heavy (non-hydrogen) atoms. The van der Waals surface area contributed by atoms with Gasteiger partial charge in [0.15, 0.2) is 10.5 Å². The molecule has 0 bridgehead atoms. The standard InChI is InChI=1S/C6H16O3SSi/c1-5(2)6(3)4-10(7,8)9-11/h5-6H,4H2,1-3,11H3. The van der Waals surface area contributed by atoms with Gasteiger partial charge in [0.05, 0.1) is 5.75 Å². The van der Waals surface area contributed by atoms with Crippen LogP contribution in [0.5, 0.6) is 0 Å². The average Bonchev–Trinajstić information content (AvgIpc) is 1.87. The molecule has 0 aromatic heterocycles. The smallest absolute Gasteiger partial charge is 0.257 e. The van der Waals surface area contributed by atoms with Crippen LogP contribution in [0.15, 0.2) is 0 Å². The van der Waals surface area contributed by atoms with E-state index in [4.69, 9.17) is 0 Å². The van der Waals surface area contributed by atoms with E-state index < -0.39 is 10.1 Å². The average molecular weight is 196 g/mol. The zero-order chi connectivity index (χ0) is 9.07. The summed E-state index contributed by atoms with van der Waals surface area (Å²) in [6.45, 7) is 5.93. The summed E-state index contributed by atoms with van der Waals surface area (Å²) in [6, 6.07) is 0. The fraction of sp³-hybridized carbons (Fsp3) is 1.00. The first kappa shape index (κ1) is 11.1. The molecule has 0 spiro atoms. The summed E-state index contributed by atoms with van der Waals surface area (Å²) in [6.07, 6.45) is 0. The topological polar surface area (TPSA) is 43.4 Å². The first-order chi connectivity index (χ1) is 4.89. The molecule has 0 saturated heterocycles. The van der Waals surface area contributed by atoms with Gasteiger partial charge in [0.25, 0.3) is 10.1 Å². The molecule has 0 aromatic rings. The second-order valence-electron chi connectivity index (χ2n) is 3.11. The van der Waals surface area contributed by atoms with Crippen molar-refractivity contribution in [2.24, 2.45) is 11.8 Å². The molecule has 0 aliphatic heterocycles. The molecular formula is C6H16O3SSi. The highest BCUT2D eigenvalue weighted by Crippen LogP contribution is 2.12. The van der Waals surface area contributed by atoms with E-state index in [0.717, 1.165) is 0 Å². The molecular weight excluding hydrogens is 180 g/mol. The van der Waals surface area contributed by atoms with Crippen molar-refractivity contribution in [3.05, 3.63) is 0 Å². The molecule has 0 radical (unpaired) electrons. The fourth-order valence-electron chi connectivity index (χ4n) is 0.582. The lowest BCUT2D eigenvalue weighted by atomic mass is 10.0. The predicted molar refractivity (Wildman–Crippen MR) is 48.8 cm³/mol. The number of hydrogen-bond acceptors (Lipinski definition) is 3. The molecule has 5 heteroatoms. The molecule has 0 aliphatic rings. The van der Waals surface area contributed by atoms with Crippen LogP contribution in [0.4, 0.5) is 0 Å². The zero-order valence-electron chi connectivity index (χ0n) is 7.49. The Hall–Kier alpha value is 0.127. The molecule has 0 aliphatic carbocycles. The van der Waals surface area contributed by atoms with Crippen LogP contribution >= 0.6 is 0 Å². The van der Waals surface area contributed by atoms with Gasteiger partial charge in [-0.15, -0.1) is 0 Å². The summed E-state index contributed by atoms with van der Waals surface area (Å²) in [7, 11) is -2.94. The van der Waals surface area contributed by atoms with Crippen molar-refractivity contribution in [2.75, 3.05) is 5.75 Å². The van der Waals surface area contributed by atoms with Gasteiger partial charge in [0, 0.05) is 0 Å². The maximum atomic E-state index is 10.9. The Balaban J connectivity index is 4.05. The highest BCUT2D eigenvalue weighted by Gasteiger charge is 2.16. The highest BCUT2D eigenvalue weighted by atomic mass is 32.2. The van der Waals surface area contributed by atoms with Gasteiger partial charge in [-0.05, 0) is 11.8 Å². The Bertz CT molecular complexity index is 198. The molecule has 3 nitrogen and oxygen atoms in total. The minimum absolute atomic E-state index is 0.147. The first-order valence-electron chi connectivity index (χ1n) is 3.67. The third-order valence-electron chi connectivity index (χ3n) is 1.86. The van der Waals surface area contributed by atoms with E-state index in [1.54, 1.807) is 0 Å². The van der Waals surface area contributed by atoms with Gasteiger partial charge in [-0.2, -0.15) is 0 Å². The van der Waals surface area contributed by atoms with Gasteiger partial charge in [0.2, 0.25) is 0 Å². The summed E-state index contributed by atoms with van der Waals surface area (Å²) >= 11 is 0. The van der Waals surface area contributed by atoms with Gasteiger partial charge in [0.1, 0.15) is 0 Å². The van der Waals surface area contributed by atoms with Crippen LogP contribution < -0.4 is 0 Å². The molecule has 0 heterocycles. The molecule has 68 valence electrons. The van der Waals surface area contributed by atoms with Crippen LogP contribution in [-0.4, -0.2) is 24.7 Å². The first-order valence-corrected chi connectivity index (χ1v) is 6.06. The van der Waals surface area contributed by atoms with Gasteiger partial charge < -0.3 is 3.87 Å². The van der Waals surface area contributed by atoms with Gasteiger partial charge in [-0.25, -0.2) is 8.42 Å². The predicted octanol–water partition coefficient (Wildman–Crippen LogP) is -0.0947. The van der Waals surface area contributed by atoms with Crippen molar-refractivity contribution < 1.29 is 12.3 Å². The van der Waals surface area contributed by atoms with E-state index in [0.29, 0.717) is 5.92 Å². The Morgan fingerprint density at radius 2 is 1.82 bits per heavy atom. The normalized spacial score (nSPS) is 15.6. The molecule has 0 fully saturated rings. The monoisotopic (exact) mass is 196 g/mol. The third kappa shape index (κ3) is 4.55. The molecule has 0 N–H and O–H groups in total. The second-order valence-corrected chi connectivity index (χ2v) is 5.89. The van der Waals surface area contributed by atoms with Crippen molar-refractivity contribution in [1.29, 1.82) is 0 Å². The Kier molecular flexibility index (Phi) is 4.28. The molecule has 0 aromatic carbocycles. The van der Waals surface area contributed by atoms with Crippen LogP contribution in [0.2, 0.25) is 0 Å². The van der Waals surface area contributed by atoms with E-state index in [2.05, 4.69) is 3.87 Å². The van der Waals surface area contributed by atoms with Gasteiger partial charge >= 0.3 is 0 Å². The summed E-state index contributed by atoms with van der Waals surface area (Å²) in [5, 5.41) is 0. The summed E-state index contributed by atoms with van der Waals surface area (Å²) < 4.78 is 26.3. The van der Waals surface area contributed by atoms with E-state index >= 15 is 0 Å². The third-order valence-corrected chi connectivity index (χ3v) is 4.82. The molecule has 1 unspecified atom stereocenters. The Morgan fingerprint density at radius 3 is 2.09 bits per heavy atom. The van der Waals surface area contributed by atoms with Crippen LogP contribution in [0.3, 0.4) is 0 Å². The Labute approximate surface area is 71.8 Å². The number of rotatable bonds is 4. The molecule has 0 amide bonds. The fourth-order valence-corrected chi connectivity index (χ4v) is 2.16. The van der Waals surface area contributed by atoms with Crippen molar-refractivity contribution >= 4 is 20.6 Å². The Morgan fingerprint density at radius 1 is 1.36 bits per heavy atom. The van der Waals surface area contributed by atoms with E-state index in [1.807, 2.05) is 20.8 Å². The zero-order valence-corrected chi connectivity index (χ0v) is 10.3. The number of hydrogen-bond donors (Lipinski definition) is 0. The highest BCUT2D eigenvalue weighted by molar-refractivity contribution is 7.87. The second kappa shape index (κ2) is 4.23. The maximum absolute atomic E-state index is 10.9. The summed E-state index contributed by atoms with van der Waals surface area (Å²) in [5.74, 6) is 0.712. The minimum atomic E-state index is -3.20. The van der Waals surface area contributed by atoms with E-state index in [-0.39, 0.29) is 22.2 Å². The van der Waals surface area contributed by atoms with Crippen molar-refractivity contribution in [1.82, 2.24) is 0 Å². The van der Waals surface area contributed by atoms with E-state index in [1.165, 1.54) is 0 Å². The van der Waals surface area contributed by atoms with E-state index in [9.17, 15) is 8.42 Å². The van der Waals surface area contributed by atoms with Gasteiger partial charge in [-0.3, -0.25) is 0 Å². The molecule has 0 saturated carbocycles. The lowest BCUT2D eigenvalue weighted by Crippen LogP contribution is -2.19. The molecule has 1 atom stereocenters. The van der Waals surface area contributed by atoms with Crippen molar-refractivity contribution in [3.8, 4) is 0 Å². The lowest BCUT2D eigenvalue weighted by Gasteiger charge is -2.14. The lowest BCUT2D eigenvalue weighted by molar-refractivity contribution is 0.432. The SMILES string of the molecule is CC(C)C(C)CS(=O)(=O)O[SiH3]. The quantitative estimate of drug-likeness (QED) is 0.590. The largest absolute Gasteiger partial charge is 0.327 e. The van der Waals surface area contributed by atoms with Crippen LogP contribution in [0, 0.1) is 11.8 Å². The van der Waals surface area contributed by atoms with Crippen molar-refractivity contribution in [3.63, 3.8) is 0 Å².